The Balaban J connectivity index is 2.40. The first kappa shape index (κ1) is 11.6. The van der Waals surface area contributed by atoms with Crippen LogP contribution in [0.2, 0.25) is 0 Å². The van der Waals surface area contributed by atoms with E-state index in [9.17, 15) is 0 Å². The molecule has 1 aromatic heterocycles. The lowest BCUT2D eigenvalue weighted by molar-refractivity contribution is 0.414. The number of rotatable bonds is 3. The molecule has 2 rings (SSSR count). The molecular weight excluding hydrogens is 210 g/mol. The van der Waals surface area contributed by atoms with Crippen molar-refractivity contribution in [1.82, 2.24) is 4.98 Å². The van der Waals surface area contributed by atoms with Crippen LogP contribution < -0.4 is 4.74 Å². The van der Waals surface area contributed by atoms with Gasteiger partial charge in [0, 0.05) is 11.8 Å². The number of pyridine rings is 1. The zero-order valence-electron chi connectivity index (χ0n) is 10.5. The minimum atomic E-state index is 0.559. The molecule has 0 aliphatic heterocycles. The molecule has 0 amide bonds. The van der Waals surface area contributed by atoms with E-state index in [2.05, 4.69) is 43.1 Å². The predicted octanol–water partition coefficient (Wildman–Crippen LogP) is 3.88. The normalized spacial score (nSPS) is 10.6. The summed E-state index contributed by atoms with van der Waals surface area (Å²) in [7, 11) is 1.67. The molecule has 0 unspecified atom stereocenters. The molecule has 0 saturated carbocycles. The maximum Gasteiger partial charge on any atom is 0.144 e. The minimum absolute atomic E-state index is 0.559. The molecular formula is C15H17NO. The van der Waals surface area contributed by atoms with E-state index in [1.807, 2.05) is 6.07 Å². The molecule has 2 aromatic rings. The zero-order valence-corrected chi connectivity index (χ0v) is 10.5. The third kappa shape index (κ3) is 2.47. The highest BCUT2D eigenvalue weighted by molar-refractivity contribution is 5.69. The molecule has 0 radical (unpaired) electrons. The average molecular weight is 227 g/mol. The van der Waals surface area contributed by atoms with E-state index < -0.39 is 0 Å². The highest BCUT2D eigenvalue weighted by Crippen LogP contribution is 2.29. The highest BCUT2D eigenvalue weighted by atomic mass is 16.5. The molecule has 1 heterocycles. The van der Waals surface area contributed by atoms with Crippen molar-refractivity contribution in [3.8, 4) is 16.9 Å². The first-order chi connectivity index (χ1) is 8.22. The first-order valence-electron chi connectivity index (χ1n) is 5.80. The minimum Gasteiger partial charge on any atom is -0.494 e. The van der Waals surface area contributed by atoms with Crippen LogP contribution in [0, 0.1) is 0 Å². The molecule has 2 nitrogen and oxygen atoms in total. The highest BCUT2D eigenvalue weighted by Gasteiger charge is 2.05. The summed E-state index contributed by atoms with van der Waals surface area (Å²) in [6, 6.07) is 10.6. The van der Waals surface area contributed by atoms with Crippen LogP contribution in [-0.4, -0.2) is 12.1 Å². The van der Waals surface area contributed by atoms with Gasteiger partial charge in [-0.15, -0.1) is 0 Å². The molecule has 0 bridgehead atoms. The zero-order chi connectivity index (χ0) is 12.3. The van der Waals surface area contributed by atoms with E-state index in [1.165, 1.54) is 5.56 Å². The molecule has 0 spiro atoms. The molecule has 0 saturated heterocycles. The summed E-state index contributed by atoms with van der Waals surface area (Å²) in [5, 5.41) is 0. The fourth-order valence-electron chi connectivity index (χ4n) is 1.83. The molecule has 0 aliphatic carbocycles. The second-order valence-corrected chi connectivity index (χ2v) is 4.35. The maximum absolute atomic E-state index is 5.31. The van der Waals surface area contributed by atoms with Gasteiger partial charge in [0.05, 0.1) is 13.3 Å². The number of benzene rings is 1. The Morgan fingerprint density at radius 1 is 1.06 bits per heavy atom. The van der Waals surface area contributed by atoms with Crippen molar-refractivity contribution in [2.75, 3.05) is 7.11 Å². The van der Waals surface area contributed by atoms with Gasteiger partial charge in [0.1, 0.15) is 5.75 Å². The van der Waals surface area contributed by atoms with Crippen molar-refractivity contribution < 1.29 is 4.74 Å². The van der Waals surface area contributed by atoms with Gasteiger partial charge in [-0.2, -0.15) is 0 Å². The van der Waals surface area contributed by atoms with Crippen LogP contribution in [0.3, 0.4) is 0 Å². The Bertz CT molecular complexity index is 489. The Morgan fingerprint density at radius 2 is 1.76 bits per heavy atom. The van der Waals surface area contributed by atoms with Gasteiger partial charge in [-0.1, -0.05) is 38.1 Å². The van der Waals surface area contributed by atoms with Crippen molar-refractivity contribution in [2.45, 2.75) is 19.8 Å². The summed E-state index contributed by atoms with van der Waals surface area (Å²) in [6.45, 7) is 4.39. The van der Waals surface area contributed by atoms with Crippen molar-refractivity contribution in [3.63, 3.8) is 0 Å². The van der Waals surface area contributed by atoms with E-state index in [0.29, 0.717) is 5.92 Å². The maximum atomic E-state index is 5.31. The Labute approximate surface area is 102 Å². The van der Waals surface area contributed by atoms with Gasteiger partial charge in [0.2, 0.25) is 0 Å². The molecule has 0 N–H and O–H groups in total. The molecule has 2 heteroatoms. The topological polar surface area (TPSA) is 22.1 Å². The van der Waals surface area contributed by atoms with Gasteiger partial charge in [0.15, 0.2) is 0 Å². The van der Waals surface area contributed by atoms with Crippen molar-refractivity contribution in [2.24, 2.45) is 0 Å². The smallest absolute Gasteiger partial charge is 0.144 e. The molecule has 17 heavy (non-hydrogen) atoms. The number of nitrogens with zero attached hydrogens (tertiary/aromatic N) is 1. The number of hydrogen-bond acceptors (Lipinski definition) is 2. The number of methoxy groups -OCH3 is 1. The fourth-order valence-corrected chi connectivity index (χ4v) is 1.83. The van der Waals surface area contributed by atoms with Crippen LogP contribution in [-0.2, 0) is 0 Å². The van der Waals surface area contributed by atoms with Crippen LogP contribution in [0.25, 0.3) is 11.1 Å². The van der Waals surface area contributed by atoms with E-state index in [0.717, 1.165) is 16.9 Å². The lowest BCUT2D eigenvalue weighted by Crippen LogP contribution is -1.90. The van der Waals surface area contributed by atoms with Crippen molar-refractivity contribution >= 4 is 0 Å². The quantitative estimate of drug-likeness (QED) is 0.793. The van der Waals surface area contributed by atoms with Crippen LogP contribution in [0.5, 0.6) is 5.75 Å². The molecule has 0 atom stereocenters. The molecule has 0 aliphatic rings. The van der Waals surface area contributed by atoms with Crippen LogP contribution in [0.1, 0.15) is 25.3 Å². The number of hydrogen-bond donors (Lipinski definition) is 0. The van der Waals surface area contributed by atoms with E-state index in [4.69, 9.17) is 4.74 Å². The summed E-state index contributed by atoms with van der Waals surface area (Å²) in [4.78, 5) is 4.06. The average Bonchev–Trinajstić information content (AvgIpc) is 2.39. The van der Waals surface area contributed by atoms with Gasteiger partial charge < -0.3 is 4.74 Å². The Morgan fingerprint density at radius 3 is 2.35 bits per heavy atom. The Hall–Kier alpha value is -1.83. The third-order valence-corrected chi connectivity index (χ3v) is 2.89. The SMILES string of the molecule is COc1cnccc1-c1ccc(C(C)C)cc1. The van der Waals surface area contributed by atoms with Gasteiger partial charge >= 0.3 is 0 Å². The summed E-state index contributed by atoms with van der Waals surface area (Å²) in [6.07, 6.45) is 3.53. The summed E-state index contributed by atoms with van der Waals surface area (Å²) in [5.74, 6) is 1.37. The van der Waals surface area contributed by atoms with Crippen molar-refractivity contribution in [3.05, 3.63) is 48.3 Å². The summed E-state index contributed by atoms with van der Waals surface area (Å²) in [5.41, 5.74) is 3.59. The van der Waals surface area contributed by atoms with Crippen molar-refractivity contribution in [1.29, 1.82) is 0 Å². The second kappa shape index (κ2) is 5.00. The number of ether oxygens (including phenoxy) is 1. The van der Waals surface area contributed by atoms with Crippen LogP contribution in [0.4, 0.5) is 0 Å². The molecule has 0 fully saturated rings. The number of aromatic nitrogens is 1. The lowest BCUT2D eigenvalue weighted by Gasteiger charge is -2.09. The standard InChI is InChI=1S/C15H17NO/c1-11(2)12-4-6-13(7-5-12)14-8-9-16-10-15(14)17-3/h4-11H,1-3H3. The van der Waals surface area contributed by atoms with Gasteiger partial charge in [-0.3, -0.25) is 4.98 Å². The summed E-state index contributed by atoms with van der Waals surface area (Å²) >= 11 is 0. The molecule has 1 aromatic carbocycles. The third-order valence-electron chi connectivity index (χ3n) is 2.89. The second-order valence-electron chi connectivity index (χ2n) is 4.35. The lowest BCUT2D eigenvalue weighted by atomic mass is 9.99. The van der Waals surface area contributed by atoms with E-state index in [1.54, 1.807) is 19.5 Å². The van der Waals surface area contributed by atoms with E-state index in [-0.39, 0.29) is 0 Å². The first-order valence-corrected chi connectivity index (χ1v) is 5.80. The van der Waals surface area contributed by atoms with Gasteiger partial charge in [-0.25, -0.2) is 0 Å². The largest absolute Gasteiger partial charge is 0.494 e. The van der Waals surface area contributed by atoms with Gasteiger partial charge in [0.25, 0.3) is 0 Å². The van der Waals surface area contributed by atoms with Crippen LogP contribution >= 0.6 is 0 Å². The monoisotopic (exact) mass is 227 g/mol. The fraction of sp³-hybridized carbons (Fsp3) is 0.267. The van der Waals surface area contributed by atoms with E-state index >= 15 is 0 Å². The molecule has 88 valence electrons. The van der Waals surface area contributed by atoms with Gasteiger partial charge in [-0.05, 0) is 23.1 Å². The Kier molecular flexibility index (Phi) is 3.43. The van der Waals surface area contributed by atoms with Crippen LogP contribution in [0.15, 0.2) is 42.7 Å². The summed E-state index contributed by atoms with van der Waals surface area (Å²) < 4.78 is 5.31. The predicted molar refractivity (Wildman–Crippen MR) is 70.3 cm³/mol.